The van der Waals surface area contributed by atoms with E-state index in [0.29, 0.717) is 0 Å². The Morgan fingerprint density at radius 3 is 1.65 bits per heavy atom. The molecule has 20 heavy (non-hydrogen) atoms. The van der Waals surface area contributed by atoms with E-state index in [9.17, 15) is 17.6 Å². The van der Waals surface area contributed by atoms with Crippen LogP contribution in [0.3, 0.4) is 0 Å². The molecule has 0 aromatic heterocycles. The predicted molar refractivity (Wildman–Crippen MR) is 69.5 cm³/mol. The molecule has 0 atom stereocenters. The van der Waals surface area contributed by atoms with Crippen LogP contribution < -0.4 is 11.1 Å². The molecule has 2 rings (SSSR count). The highest BCUT2D eigenvalue weighted by molar-refractivity contribution is 5.48. The molecule has 0 aliphatic heterocycles. The largest absolute Gasteiger partial charge is 0.399 e. The van der Waals surface area contributed by atoms with Gasteiger partial charge in [-0.1, -0.05) is 0 Å². The Morgan fingerprint density at radius 2 is 1.25 bits per heavy atom. The van der Waals surface area contributed by atoms with Gasteiger partial charge in [-0.05, 0) is 24.3 Å². The smallest absolute Gasteiger partial charge is 0.131 e. The monoisotopic (exact) mass is 284 g/mol. The highest BCUT2D eigenvalue weighted by atomic mass is 19.1. The van der Waals surface area contributed by atoms with Crippen LogP contribution in [0.25, 0.3) is 0 Å². The lowest BCUT2D eigenvalue weighted by molar-refractivity contribution is 0.539. The van der Waals surface area contributed by atoms with Gasteiger partial charge in [0.2, 0.25) is 0 Å². The molecule has 0 aliphatic carbocycles. The molecule has 0 heterocycles. The van der Waals surface area contributed by atoms with E-state index in [4.69, 9.17) is 5.73 Å². The fourth-order valence-corrected chi connectivity index (χ4v) is 1.88. The zero-order valence-electron chi connectivity index (χ0n) is 10.6. The van der Waals surface area contributed by atoms with E-state index in [1.54, 1.807) is 0 Å². The van der Waals surface area contributed by atoms with E-state index in [2.05, 4.69) is 5.32 Å². The summed E-state index contributed by atoms with van der Waals surface area (Å²) < 4.78 is 54.8. The van der Waals surface area contributed by atoms with Crippen molar-refractivity contribution in [2.24, 2.45) is 0 Å². The average molecular weight is 284 g/mol. The maximum atomic E-state index is 13.8. The fraction of sp³-hybridized carbons (Fsp3) is 0.143. The van der Waals surface area contributed by atoms with Gasteiger partial charge in [0.15, 0.2) is 0 Å². The van der Waals surface area contributed by atoms with Gasteiger partial charge in [0.25, 0.3) is 0 Å². The first-order valence-corrected chi connectivity index (χ1v) is 5.81. The second-order valence-electron chi connectivity index (χ2n) is 4.31. The summed E-state index contributed by atoms with van der Waals surface area (Å²) in [6.07, 6.45) is -0.528. The zero-order valence-corrected chi connectivity index (χ0v) is 10.6. The van der Waals surface area contributed by atoms with Crippen molar-refractivity contribution in [2.45, 2.75) is 6.42 Å². The molecule has 3 N–H and O–H groups in total. The average Bonchev–Trinajstić information content (AvgIpc) is 2.35. The number of benzene rings is 2. The van der Waals surface area contributed by atoms with E-state index in [0.717, 1.165) is 24.3 Å². The molecule has 2 aromatic rings. The summed E-state index contributed by atoms with van der Waals surface area (Å²) in [6, 6.07) is 3.95. The quantitative estimate of drug-likeness (QED) is 0.669. The Bertz CT molecular complexity index is 610. The lowest BCUT2D eigenvalue weighted by atomic mass is 10.0. The number of rotatable bonds is 3. The first-order valence-electron chi connectivity index (χ1n) is 5.81. The van der Waals surface area contributed by atoms with Crippen LogP contribution in [0.4, 0.5) is 28.9 Å². The first-order chi connectivity index (χ1) is 9.42. The first kappa shape index (κ1) is 14.2. The molecule has 2 aromatic carbocycles. The standard InChI is InChI=1S/C14H12F4N2/c1-20-8-4-13(17)10(14(18)5-8)6-9-11(15)2-7(19)3-12(9)16/h2-5,20H,6,19H2,1H3. The van der Waals surface area contributed by atoms with Crippen molar-refractivity contribution in [3.05, 3.63) is 58.7 Å². The number of anilines is 2. The van der Waals surface area contributed by atoms with Gasteiger partial charge in [-0.15, -0.1) is 0 Å². The molecule has 0 fully saturated rings. The normalized spacial score (nSPS) is 10.7. The molecule has 0 aliphatic rings. The number of nitrogen functional groups attached to an aromatic ring is 1. The lowest BCUT2D eigenvalue weighted by Crippen LogP contribution is -2.04. The summed E-state index contributed by atoms with van der Waals surface area (Å²) in [5.41, 5.74) is 4.61. The number of nitrogens with two attached hydrogens (primary N) is 1. The van der Waals surface area contributed by atoms with Crippen molar-refractivity contribution < 1.29 is 17.6 Å². The minimum atomic E-state index is -0.931. The SMILES string of the molecule is CNc1cc(F)c(Cc2c(F)cc(N)cc2F)c(F)c1. The van der Waals surface area contributed by atoms with Crippen molar-refractivity contribution in [3.8, 4) is 0 Å². The third-order valence-electron chi connectivity index (χ3n) is 2.95. The minimum Gasteiger partial charge on any atom is -0.399 e. The number of hydrogen-bond acceptors (Lipinski definition) is 2. The molecule has 0 unspecified atom stereocenters. The van der Waals surface area contributed by atoms with E-state index < -0.39 is 40.8 Å². The second-order valence-corrected chi connectivity index (χ2v) is 4.31. The van der Waals surface area contributed by atoms with Gasteiger partial charge in [-0.25, -0.2) is 17.6 Å². The molecular formula is C14H12F4N2. The summed E-state index contributed by atoms with van der Waals surface area (Å²) in [5.74, 6) is -3.60. The second kappa shape index (κ2) is 5.40. The molecule has 0 spiro atoms. The molecule has 0 amide bonds. The summed E-state index contributed by atoms with van der Waals surface area (Å²) in [6.45, 7) is 0. The van der Waals surface area contributed by atoms with Gasteiger partial charge in [0.05, 0.1) is 0 Å². The van der Waals surface area contributed by atoms with Crippen molar-refractivity contribution in [1.29, 1.82) is 0 Å². The highest BCUT2D eigenvalue weighted by Gasteiger charge is 2.17. The van der Waals surface area contributed by atoms with Gasteiger partial charge in [-0.3, -0.25) is 0 Å². The number of nitrogens with one attached hydrogen (secondary N) is 1. The van der Waals surface area contributed by atoms with Crippen LogP contribution in [0.2, 0.25) is 0 Å². The van der Waals surface area contributed by atoms with E-state index in [-0.39, 0.29) is 11.4 Å². The number of hydrogen-bond donors (Lipinski definition) is 2. The van der Waals surface area contributed by atoms with Crippen LogP contribution in [-0.4, -0.2) is 7.05 Å². The fourth-order valence-electron chi connectivity index (χ4n) is 1.88. The van der Waals surface area contributed by atoms with Crippen molar-refractivity contribution in [3.63, 3.8) is 0 Å². The summed E-state index contributed by atoms with van der Waals surface area (Å²) in [4.78, 5) is 0. The molecule has 0 radical (unpaired) electrons. The van der Waals surface area contributed by atoms with Crippen LogP contribution in [0.15, 0.2) is 24.3 Å². The summed E-state index contributed by atoms with van der Waals surface area (Å²) in [5, 5.41) is 2.59. The maximum Gasteiger partial charge on any atom is 0.131 e. The van der Waals surface area contributed by atoms with Crippen molar-refractivity contribution in [2.75, 3.05) is 18.1 Å². The van der Waals surface area contributed by atoms with Gasteiger partial charge in [0, 0.05) is 36.0 Å². The summed E-state index contributed by atoms with van der Waals surface area (Å²) >= 11 is 0. The van der Waals surface area contributed by atoms with Crippen molar-refractivity contribution >= 4 is 11.4 Å². The van der Waals surface area contributed by atoms with Crippen LogP contribution in [-0.2, 0) is 6.42 Å². The maximum absolute atomic E-state index is 13.8. The molecule has 0 saturated heterocycles. The zero-order chi connectivity index (χ0) is 14.9. The Hall–Kier alpha value is -2.24. The highest BCUT2D eigenvalue weighted by Crippen LogP contribution is 2.25. The van der Waals surface area contributed by atoms with Crippen LogP contribution in [0.1, 0.15) is 11.1 Å². The van der Waals surface area contributed by atoms with E-state index in [1.165, 1.54) is 7.05 Å². The van der Waals surface area contributed by atoms with Crippen LogP contribution in [0, 0.1) is 23.3 Å². The molecule has 0 bridgehead atoms. The third-order valence-corrected chi connectivity index (χ3v) is 2.95. The molecule has 2 nitrogen and oxygen atoms in total. The molecule has 106 valence electrons. The van der Waals surface area contributed by atoms with Gasteiger partial charge in [0.1, 0.15) is 23.3 Å². The Kier molecular flexibility index (Phi) is 3.83. The predicted octanol–water partition coefficient (Wildman–Crippen LogP) is 3.46. The van der Waals surface area contributed by atoms with Gasteiger partial charge < -0.3 is 11.1 Å². The van der Waals surface area contributed by atoms with Crippen LogP contribution in [0.5, 0.6) is 0 Å². The van der Waals surface area contributed by atoms with Crippen molar-refractivity contribution in [1.82, 2.24) is 0 Å². The topological polar surface area (TPSA) is 38.0 Å². The minimum absolute atomic E-state index is 0.0878. The Labute approximate surface area is 113 Å². The van der Waals surface area contributed by atoms with Crippen LogP contribution >= 0.6 is 0 Å². The van der Waals surface area contributed by atoms with E-state index >= 15 is 0 Å². The molecule has 6 heteroatoms. The van der Waals surface area contributed by atoms with E-state index in [1.807, 2.05) is 0 Å². The lowest BCUT2D eigenvalue weighted by Gasteiger charge is -2.10. The Balaban J connectivity index is 2.45. The molecule has 0 saturated carbocycles. The van der Waals surface area contributed by atoms with Gasteiger partial charge >= 0.3 is 0 Å². The number of halogens is 4. The molecular weight excluding hydrogens is 272 g/mol. The Morgan fingerprint density at radius 1 is 0.850 bits per heavy atom. The summed E-state index contributed by atoms with van der Waals surface area (Å²) in [7, 11) is 1.51. The third kappa shape index (κ3) is 2.68. The van der Waals surface area contributed by atoms with Gasteiger partial charge in [-0.2, -0.15) is 0 Å².